The molecule has 7 heteroatoms. The minimum Gasteiger partial charge on any atom is -0.380 e. The zero-order chi connectivity index (χ0) is 18.9. The molecule has 1 aromatic carbocycles. The van der Waals surface area contributed by atoms with Gasteiger partial charge in [-0.25, -0.2) is 4.98 Å². The number of thioether (sulfide) groups is 1. The normalized spacial score (nSPS) is 10.0. The molecule has 0 fully saturated rings. The summed E-state index contributed by atoms with van der Waals surface area (Å²) in [5.41, 5.74) is 3.53. The minimum atomic E-state index is -0.191. The van der Waals surface area contributed by atoms with Crippen molar-refractivity contribution in [2.75, 3.05) is 18.2 Å². The topological polar surface area (TPSA) is 98.8 Å². The Morgan fingerprint density at radius 1 is 1.31 bits per heavy atom. The highest BCUT2D eigenvalue weighted by molar-refractivity contribution is 8.00. The Labute approximate surface area is 156 Å². The van der Waals surface area contributed by atoms with Crippen LogP contribution in [0.15, 0.2) is 35.4 Å². The van der Waals surface area contributed by atoms with E-state index in [1.54, 1.807) is 31.4 Å². The number of carbonyl (C=O) groups excluding carboxylic acids is 1. The third-order valence-electron chi connectivity index (χ3n) is 3.47. The number of pyridine rings is 1. The molecule has 1 heterocycles. The predicted molar refractivity (Wildman–Crippen MR) is 99.5 cm³/mol. The third kappa shape index (κ3) is 5.32. The van der Waals surface area contributed by atoms with E-state index in [1.807, 2.05) is 13.0 Å². The molecule has 6 nitrogen and oxygen atoms in total. The molecule has 0 aliphatic carbocycles. The number of anilines is 1. The number of nitrogens with zero attached hydrogens (tertiary/aromatic N) is 3. The number of amides is 1. The smallest absolute Gasteiger partial charge is 0.234 e. The molecule has 2 aromatic rings. The molecule has 1 amide bonds. The SMILES string of the molecule is COCc1cc(C)nc(SCC(=O)Nc2ccc(CC#N)cc2)c1C#N. The van der Waals surface area contributed by atoms with E-state index < -0.39 is 0 Å². The van der Waals surface area contributed by atoms with Gasteiger partial charge < -0.3 is 10.1 Å². The first-order valence-corrected chi connectivity index (χ1v) is 8.84. The Morgan fingerprint density at radius 3 is 2.65 bits per heavy atom. The summed E-state index contributed by atoms with van der Waals surface area (Å²) in [7, 11) is 1.57. The fourth-order valence-corrected chi connectivity index (χ4v) is 3.20. The van der Waals surface area contributed by atoms with Crippen LogP contribution in [0.2, 0.25) is 0 Å². The van der Waals surface area contributed by atoms with Crippen molar-refractivity contribution in [2.45, 2.75) is 25.0 Å². The molecule has 0 spiro atoms. The van der Waals surface area contributed by atoms with Crippen molar-refractivity contribution in [3.63, 3.8) is 0 Å². The van der Waals surface area contributed by atoms with Crippen LogP contribution in [0, 0.1) is 29.6 Å². The van der Waals surface area contributed by atoms with E-state index in [0.717, 1.165) is 16.8 Å². The van der Waals surface area contributed by atoms with E-state index in [1.165, 1.54) is 11.8 Å². The van der Waals surface area contributed by atoms with E-state index in [2.05, 4.69) is 22.4 Å². The number of rotatable bonds is 7. The zero-order valence-corrected chi connectivity index (χ0v) is 15.4. The van der Waals surface area contributed by atoms with Gasteiger partial charge >= 0.3 is 0 Å². The maximum Gasteiger partial charge on any atom is 0.234 e. The fourth-order valence-electron chi connectivity index (χ4n) is 2.33. The summed E-state index contributed by atoms with van der Waals surface area (Å²) in [5, 5.41) is 21.4. The molecule has 0 radical (unpaired) electrons. The standard InChI is InChI=1S/C19H18N4O2S/c1-13-9-15(11-25-2)17(10-21)19(22-13)26-12-18(24)23-16-5-3-14(4-6-16)7-8-20/h3-6,9H,7,11-12H2,1-2H3,(H,23,24). The Hall–Kier alpha value is -2.87. The van der Waals surface area contributed by atoms with Crippen LogP contribution in [-0.2, 0) is 22.6 Å². The van der Waals surface area contributed by atoms with E-state index in [-0.39, 0.29) is 11.7 Å². The summed E-state index contributed by atoms with van der Waals surface area (Å²) in [5.74, 6) is -0.0548. The largest absolute Gasteiger partial charge is 0.380 e. The number of benzene rings is 1. The highest BCUT2D eigenvalue weighted by atomic mass is 32.2. The summed E-state index contributed by atoms with van der Waals surface area (Å²) in [6.07, 6.45) is 0.337. The second-order valence-corrected chi connectivity index (χ2v) is 6.48. The van der Waals surface area contributed by atoms with Gasteiger partial charge in [-0.05, 0) is 36.2 Å². The summed E-state index contributed by atoms with van der Waals surface area (Å²) in [6, 6.07) is 13.2. The van der Waals surface area contributed by atoms with Crippen LogP contribution in [0.4, 0.5) is 5.69 Å². The Kier molecular flexibility index (Phi) is 7.16. The molecule has 132 valence electrons. The number of nitrogens with one attached hydrogen (secondary N) is 1. The molecular weight excluding hydrogens is 348 g/mol. The number of aromatic nitrogens is 1. The van der Waals surface area contributed by atoms with Crippen LogP contribution >= 0.6 is 11.8 Å². The summed E-state index contributed by atoms with van der Waals surface area (Å²) < 4.78 is 5.12. The first-order chi connectivity index (χ1) is 12.6. The van der Waals surface area contributed by atoms with Crippen molar-refractivity contribution in [3.8, 4) is 12.1 Å². The molecular formula is C19H18N4O2S. The van der Waals surface area contributed by atoms with Crippen molar-refractivity contribution >= 4 is 23.4 Å². The number of hydrogen-bond acceptors (Lipinski definition) is 6. The van der Waals surface area contributed by atoms with Crippen molar-refractivity contribution in [1.82, 2.24) is 4.98 Å². The zero-order valence-electron chi connectivity index (χ0n) is 14.6. The average molecular weight is 366 g/mol. The molecule has 2 rings (SSSR count). The highest BCUT2D eigenvalue weighted by Gasteiger charge is 2.14. The highest BCUT2D eigenvalue weighted by Crippen LogP contribution is 2.24. The second kappa shape index (κ2) is 9.57. The number of aryl methyl sites for hydroxylation is 1. The van der Waals surface area contributed by atoms with Crippen LogP contribution in [-0.4, -0.2) is 23.8 Å². The van der Waals surface area contributed by atoms with Gasteiger partial charge in [-0.1, -0.05) is 23.9 Å². The first-order valence-electron chi connectivity index (χ1n) is 7.85. The van der Waals surface area contributed by atoms with Gasteiger partial charge in [0.15, 0.2) is 0 Å². The van der Waals surface area contributed by atoms with Crippen molar-refractivity contribution in [2.24, 2.45) is 0 Å². The van der Waals surface area contributed by atoms with Gasteiger partial charge in [-0.15, -0.1) is 0 Å². The Morgan fingerprint density at radius 2 is 2.04 bits per heavy atom. The number of nitriles is 2. The van der Waals surface area contributed by atoms with Crippen molar-refractivity contribution < 1.29 is 9.53 Å². The summed E-state index contributed by atoms with van der Waals surface area (Å²) >= 11 is 1.22. The molecule has 0 aliphatic rings. The number of ether oxygens (including phenoxy) is 1. The molecule has 0 saturated heterocycles. The fraction of sp³-hybridized carbons (Fsp3) is 0.263. The lowest BCUT2D eigenvalue weighted by Crippen LogP contribution is -2.14. The van der Waals surface area contributed by atoms with E-state index >= 15 is 0 Å². The molecule has 0 aliphatic heterocycles. The van der Waals surface area contributed by atoms with Gasteiger partial charge in [-0.3, -0.25) is 4.79 Å². The quantitative estimate of drug-likeness (QED) is 0.756. The number of methoxy groups -OCH3 is 1. The lowest BCUT2D eigenvalue weighted by molar-refractivity contribution is -0.113. The number of carbonyl (C=O) groups is 1. The van der Waals surface area contributed by atoms with E-state index in [9.17, 15) is 10.1 Å². The number of hydrogen-bond donors (Lipinski definition) is 1. The predicted octanol–water partition coefficient (Wildman–Crippen LogP) is 3.20. The van der Waals surface area contributed by atoms with Gasteiger partial charge in [-0.2, -0.15) is 10.5 Å². The maximum atomic E-state index is 12.2. The lowest BCUT2D eigenvalue weighted by Gasteiger charge is -2.10. The molecule has 1 N–H and O–H groups in total. The first kappa shape index (κ1) is 19.5. The van der Waals surface area contributed by atoms with Crippen molar-refractivity contribution in [3.05, 3.63) is 52.7 Å². The van der Waals surface area contributed by atoms with Crippen LogP contribution in [0.25, 0.3) is 0 Å². The van der Waals surface area contributed by atoms with Crippen LogP contribution < -0.4 is 5.32 Å². The lowest BCUT2D eigenvalue weighted by atomic mass is 10.1. The van der Waals surface area contributed by atoms with Gasteiger partial charge in [0.1, 0.15) is 11.1 Å². The molecule has 1 aromatic heterocycles. The molecule has 0 atom stereocenters. The average Bonchev–Trinajstić information content (AvgIpc) is 2.62. The van der Waals surface area contributed by atoms with E-state index in [0.29, 0.717) is 29.3 Å². The maximum absolute atomic E-state index is 12.2. The van der Waals surface area contributed by atoms with Gasteiger partial charge in [0.05, 0.1) is 30.4 Å². The molecule has 0 unspecified atom stereocenters. The third-order valence-corrected chi connectivity index (χ3v) is 4.44. The van der Waals surface area contributed by atoms with E-state index in [4.69, 9.17) is 10.00 Å². The Balaban J connectivity index is 2.03. The van der Waals surface area contributed by atoms with Crippen LogP contribution in [0.3, 0.4) is 0 Å². The van der Waals surface area contributed by atoms with Crippen molar-refractivity contribution in [1.29, 1.82) is 10.5 Å². The Bertz CT molecular complexity index is 867. The van der Waals surface area contributed by atoms with Crippen LogP contribution in [0.1, 0.15) is 22.4 Å². The monoisotopic (exact) mass is 366 g/mol. The molecule has 26 heavy (non-hydrogen) atoms. The van der Waals surface area contributed by atoms with Gasteiger partial charge in [0, 0.05) is 18.5 Å². The van der Waals surface area contributed by atoms with Gasteiger partial charge in [0.25, 0.3) is 0 Å². The molecule has 0 bridgehead atoms. The minimum absolute atomic E-state index is 0.136. The molecule has 0 saturated carbocycles. The van der Waals surface area contributed by atoms with Gasteiger partial charge in [0.2, 0.25) is 5.91 Å². The second-order valence-electron chi connectivity index (χ2n) is 5.52. The van der Waals surface area contributed by atoms with Crippen LogP contribution in [0.5, 0.6) is 0 Å². The summed E-state index contributed by atoms with van der Waals surface area (Å²) in [4.78, 5) is 16.5. The summed E-state index contributed by atoms with van der Waals surface area (Å²) in [6.45, 7) is 2.16.